The Bertz CT molecular complexity index is 1290. The number of benzene rings is 4. The van der Waals surface area contributed by atoms with E-state index in [4.69, 9.17) is 10.7 Å². The van der Waals surface area contributed by atoms with Crippen molar-refractivity contribution in [3.05, 3.63) is 121 Å². The fourth-order valence-corrected chi connectivity index (χ4v) is 3.74. The number of nitrogens with two attached hydrogens (primary N) is 1. The van der Waals surface area contributed by atoms with E-state index in [1.807, 2.05) is 48.5 Å². The molecular formula is C29H22N2. The molecule has 5 aromatic rings. The molecule has 4 aromatic carbocycles. The van der Waals surface area contributed by atoms with E-state index in [9.17, 15) is 0 Å². The molecule has 2 nitrogen and oxygen atoms in total. The number of aromatic nitrogens is 1. The van der Waals surface area contributed by atoms with Crippen LogP contribution >= 0.6 is 0 Å². The summed E-state index contributed by atoms with van der Waals surface area (Å²) in [6, 6.07) is 41.6. The van der Waals surface area contributed by atoms with Gasteiger partial charge >= 0.3 is 0 Å². The zero-order chi connectivity index (χ0) is 21.0. The standard InChI is InChI=1S/C29H22N2/c30-27-17-15-25(16-18-27)29-20-26(19-28(31-29)24-9-5-2-6-10-24)23-13-11-22(12-14-23)21-7-3-1-4-8-21/h1-20H,30H2. The second-order valence-electron chi connectivity index (χ2n) is 7.56. The lowest BCUT2D eigenvalue weighted by Crippen LogP contribution is -1.92. The highest BCUT2D eigenvalue weighted by molar-refractivity contribution is 5.78. The van der Waals surface area contributed by atoms with Crippen LogP contribution in [0.15, 0.2) is 121 Å². The van der Waals surface area contributed by atoms with Gasteiger partial charge in [-0.3, -0.25) is 0 Å². The Kier molecular flexibility index (Phi) is 5.04. The summed E-state index contributed by atoms with van der Waals surface area (Å²) in [4.78, 5) is 4.95. The molecule has 1 heterocycles. The third kappa shape index (κ3) is 4.10. The molecule has 148 valence electrons. The van der Waals surface area contributed by atoms with Gasteiger partial charge in [0, 0.05) is 16.8 Å². The van der Waals surface area contributed by atoms with Crippen LogP contribution in [0.5, 0.6) is 0 Å². The summed E-state index contributed by atoms with van der Waals surface area (Å²) in [7, 11) is 0. The summed E-state index contributed by atoms with van der Waals surface area (Å²) in [6.07, 6.45) is 0. The van der Waals surface area contributed by atoms with E-state index in [-0.39, 0.29) is 0 Å². The Hall–Kier alpha value is -4.17. The van der Waals surface area contributed by atoms with Crippen LogP contribution in [0.25, 0.3) is 44.8 Å². The fourth-order valence-electron chi connectivity index (χ4n) is 3.74. The molecule has 0 radical (unpaired) electrons. The van der Waals surface area contributed by atoms with Crippen molar-refractivity contribution in [3.63, 3.8) is 0 Å². The SMILES string of the molecule is Nc1ccc(-c2cc(-c3ccc(-c4ccccc4)cc3)cc(-c3ccccc3)n2)cc1. The molecule has 0 atom stereocenters. The van der Waals surface area contributed by atoms with Gasteiger partial charge in [0.25, 0.3) is 0 Å². The van der Waals surface area contributed by atoms with Crippen LogP contribution in [0.1, 0.15) is 0 Å². The van der Waals surface area contributed by atoms with Gasteiger partial charge in [-0.15, -0.1) is 0 Å². The van der Waals surface area contributed by atoms with Crippen molar-refractivity contribution in [3.8, 4) is 44.8 Å². The number of pyridine rings is 1. The lowest BCUT2D eigenvalue weighted by Gasteiger charge is -2.11. The first kappa shape index (κ1) is 18.8. The number of nitrogens with zero attached hydrogens (tertiary/aromatic N) is 1. The molecule has 2 N–H and O–H groups in total. The van der Waals surface area contributed by atoms with Crippen molar-refractivity contribution in [2.75, 3.05) is 5.73 Å². The first-order valence-electron chi connectivity index (χ1n) is 10.4. The number of anilines is 1. The normalized spacial score (nSPS) is 10.7. The maximum absolute atomic E-state index is 5.89. The summed E-state index contributed by atoms with van der Waals surface area (Å²) in [5, 5.41) is 0. The molecular weight excluding hydrogens is 376 g/mol. The molecule has 0 amide bonds. The third-order valence-electron chi connectivity index (χ3n) is 5.43. The van der Waals surface area contributed by atoms with Gasteiger partial charge in [-0.25, -0.2) is 4.98 Å². The molecule has 31 heavy (non-hydrogen) atoms. The van der Waals surface area contributed by atoms with Gasteiger partial charge in [0.05, 0.1) is 11.4 Å². The minimum absolute atomic E-state index is 0.750. The Balaban J connectivity index is 1.60. The third-order valence-corrected chi connectivity index (χ3v) is 5.43. The summed E-state index contributed by atoms with van der Waals surface area (Å²) < 4.78 is 0. The first-order chi connectivity index (χ1) is 15.3. The second-order valence-corrected chi connectivity index (χ2v) is 7.56. The van der Waals surface area contributed by atoms with Crippen LogP contribution in [0.2, 0.25) is 0 Å². The number of nitrogen functional groups attached to an aromatic ring is 1. The molecule has 0 saturated heterocycles. The molecule has 5 rings (SSSR count). The summed E-state index contributed by atoms with van der Waals surface area (Å²) in [5.41, 5.74) is 15.4. The van der Waals surface area contributed by atoms with Crippen LogP contribution in [0.4, 0.5) is 5.69 Å². The summed E-state index contributed by atoms with van der Waals surface area (Å²) >= 11 is 0. The predicted octanol–water partition coefficient (Wildman–Crippen LogP) is 7.33. The van der Waals surface area contributed by atoms with E-state index >= 15 is 0 Å². The number of hydrogen-bond acceptors (Lipinski definition) is 2. The molecule has 0 bridgehead atoms. The van der Waals surface area contributed by atoms with Crippen molar-refractivity contribution in [1.82, 2.24) is 4.98 Å². The van der Waals surface area contributed by atoms with E-state index < -0.39 is 0 Å². The van der Waals surface area contributed by atoms with Crippen LogP contribution < -0.4 is 5.73 Å². The molecule has 0 spiro atoms. The topological polar surface area (TPSA) is 38.9 Å². The highest BCUT2D eigenvalue weighted by Gasteiger charge is 2.09. The summed E-state index contributed by atoms with van der Waals surface area (Å²) in [6.45, 7) is 0. The minimum atomic E-state index is 0.750. The van der Waals surface area contributed by atoms with Crippen molar-refractivity contribution in [2.24, 2.45) is 0 Å². The van der Waals surface area contributed by atoms with E-state index in [0.717, 1.165) is 39.3 Å². The van der Waals surface area contributed by atoms with Crippen molar-refractivity contribution in [1.29, 1.82) is 0 Å². The largest absolute Gasteiger partial charge is 0.399 e. The molecule has 0 aliphatic heterocycles. The molecule has 0 saturated carbocycles. The monoisotopic (exact) mass is 398 g/mol. The quantitative estimate of drug-likeness (QED) is 0.322. The van der Waals surface area contributed by atoms with E-state index in [0.29, 0.717) is 0 Å². The van der Waals surface area contributed by atoms with Crippen molar-refractivity contribution >= 4 is 5.69 Å². The van der Waals surface area contributed by atoms with Gasteiger partial charge in [0.2, 0.25) is 0 Å². The molecule has 0 unspecified atom stereocenters. The molecule has 0 aliphatic carbocycles. The maximum atomic E-state index is 5.89. The predicted molar refractivity (Wildman–Crippen MR) is 130 cm³/mol. The minimum Gasteiger partial charge on any atom is -0.399 e. The average Bonchev–Trinajstić information content (AvgIpc) is 2.85. The van der Waals surface area contributed by atoms with Crippen LogP contribution in [-0.4, -0.2) is 4.98 Å². The van der Waals surface area contributed by atoms with E-state index in [1.54, 1.807) is 0 Å². The van der Waals surface area contributed by atoms with E-state index in [1.165, 1.54) is 11.1 Å². The Morgan fingerprint density at radius 1 is 0.387 bits per heavy atom. The zero-order valence-corrected chi connectivity index (χ0v) is 17.1. The Morgan fingerprint density at radius 3 is 1.32 bits per heavy atom. The zero-order valence-electron chi connectivity index (χ0n) is 17.1. The van der Waals surface area contributed by atoms with Crippen molar-refractivity contribution in [2.45, 2.75) is 0 Å². The maximum Gasteiger partial charge on any atom is 0.0715 e. The molecule has 0 fully saturated rings. The van der Waals surface area contributed by atoms with Gasteiger partial charge in [0.15, 0.2) is 0 Å². The lowest BCUT2D eigenvalue weighted by atomic mass is 9.97. The van der Waals surface area contributed by atoms with E-state index in [2.05, 4.69) is 72.8 Å². The molecule has 0 aliphatic rings. The average molecular weight is 399 g/mol. The summed E-state index contributed by atoms with van der Waals surface area (Å²) in [5.74, 6) is 0. The van der Waals surface area contributed by atoms with Crippen LogP contribution in [-0.2, 0) is 0 Å². The second kappa shape index (κ2) is 8.29. The smallest absolute Gasteiger partial charge is 0.0715 e. The molecule has 1 aromatic heterocycles. The highest BCUT2D eigenvalue weighted by atomic mass is 14.7. The Labute approximate surface area is 182 Å². The fraction of sp³-hybridized carbons (Fsp3) is 0. The van der Waals surface area contributed by atoms with Crippen LogP contribution in [0.3, 0.4) is 0 Å². The highest BCUT2D eigenvalue weighted by Crippen LogP contribution is 2.31. The lowest BCUT2D eigenvalue weighted by molar-refractivity contribution is 1.32. The first-order valence-corrected chi connectivity index (χ1v) is 10.4. The van der Waals surface area contributed by atoms with Gasteiger partial charge in [-0.05, 0) is 46.5 Å². The van der Waals surface area contributed by atoms with Gasteiger partial charge in [-0.1, -0.05) is 97.1 Å². The van der Waals surface area contributed by atoms with Crippen molar-refractivity contribution < 1.29 is 0 Å². The van der Waals surface area contributed by atoms with Crippen LogP contribution in [0, 0.1) is 0 Å². The van der Waals surface area contributed by atoms with Gasteiger partial charge in [0.1, 0.15) is 0 Å². The Morgan fingerprint density at radius 2 is 0.774 bits per heavy atom. The van der Waals surface area contributed by atoms with Gasteiger partial charge < -0.3 is 5.73 Å². The number of hydrogen-bond donors (Lipinski definition) is 1. The van der Waals surface area contributed by atoms with Gasteiger partial charge in [-0.2, -0.15) is 0 Å². The number of rotatable bonds is 4. The molecule has 2 heteroatoms.